The quantitative estimate of drug-likeness (QED) is 0.388. The van der Waals surface area contributed by atoms with Crippen LogP contribution in [0.4, 0.5) is 5.69 Å². The Bertz CT molecular complexity index is 1160. The van der Waals surface area contributed by atoms with Crippen LogP contribution in [0.15, 0.2) is 70.9 Å². The number of hydrogen-bond acceptors (Lipinski definition) is 6. The Hall–Kier alpha value is -4.00. The number of rotatable bonds is 4. The lowest BCUT2D eigenvalue weighted by Crippen LogP contribution is -2.29. The van der Waals surface area contributed by atoms with Crippen molar-refractivity contribution in [2.45, 2.75) is 13.0 Å². The fraction of sp³-hybridized carbons (Fsp3) is 0.130. The second-order valence-electron chi connectivity index (χ2n) is 6.88. The Kier molecular flexibility index (Phi) is 4.79. The number of hydrogen-bond donors (Lipinski definition) is 2. The van der Waals surface area contributed by atoms with Crippen LogP contribution in [0.3, 0.4) is 0 Å². The van der Waals surface area contributed by atoms with Gasteiger partial charge in [0.2, 0.25) is 0 Å². The zero-order valence-electron chi connectivity index (χ0n) is 16.3. The van der Waals surface area contributed by atoms with E-state index in [1.54, 1.807) is 55.5 Å². The first-order chi connectivity index (χ1) is 14.4. The summed E-state index contributed by atoms with van der Waals surface area (Å²) in [5.41, 5.74) is 1.05. The molecular weight excluding hydrogens is 386 g/mol. The number of aryl methyl sites for hydroxylation is 1. The van der Waals surface area contributed by atoms with Gasteiger partial charge in [-0.1, -0.05) is 18.2 Å². The molecule has 4 rings (SSSR count). The van der Waals surface area contributed by atoms with Gasteiger partial charge in [-0.15, -0.1) is 0 Å². The Morgan fingerprint density at radius 3 is 2.57 bits per heavy atom. The van der Waals surface area contributed by atoms with E-state index in [0.29, 0.717) is 5.75 Å². The van der Waals surface area contributed by atoms with E-state index in [1.165, 1.54) is 19.4 Å². The Morgan fingerprint density at radius 1 is 1.10 bits per heavy atom. The first kappa shape index (κ1) is 19.3. The number of aliphatic hydroxyl groups excluding tert-OH is 1. The number of para-hydroxylation sites is 1. The maximum Gasteiger partial charge on any atom is 0.300 e. The van der Waals surface area contributed by atoms with Gasteiger partial charge in [0.15, 0.2) is 0 Å². The first-order valence-electron chi connectivity index (χ1n) is 9.21. The second kappa shape index (κ2) is 7.44. The summed E-state index contributed by atoms with van der Waals surface area (Å²) in [7, 11) is 1.44. The normalized spacial score (nSPS) is 18.1. The van der Waals surface area contributed by atoms with Crippen LogP contribution in [0.2, 0.25) is 0 Å². The van der Waals surface area contributed by atoms with Crippen LogP contribution < -0.4 is 9.64 Å². The number of phenolic OH excluding ortho intramolecular Hbond substituents is 1. The number of anilines is 1. The van der Waals surface area contributed by atoms with Crippen LogP contribution in [-0.2, 0) is 9.59 Å². The molecule has 0 aliphatic carbocycles. The van der Waals surface area contributed by atoms with E-state index in [-0.39, 0.29) is 34.1 Å². The molecule has 30 heavy (non-hydrogen) atoms. The Balaban J connectivity index is 1.98. The number of amides is 1. The van der Waals surface area contributed by atoms with Gasteiger partial charge in [0.25, 0.3) is 11.7 Å². The van der Waals surface area contributed by atoms with E-state index in [2.05, 4.69) is 0 Å². The number of carbonyl (C=O) groups excluding carboxylic acids is 2. The number of ketones is 1. The van der Waals surface area contributed by atoms with Gasteiger partial charge in [-0.05, 0) is 48.9 Å². The van der Waals surface area contributed by atoms with E-state index in [1.807, 2.05) is 0 Å². The van der Waals surface area contributed by atoms with E-state index < -0.39 is 17.7 Å². The van der Waals surface area contributed by atoms with Crippen molar-refractivity contribution in [1.82, 2.24) is 0 Å². The highest BCUT2D eigenvalue weighted by Crippen LogP contribution is 2.45. The van der Waals surface area contributed by atoms with Crippen LogP contribution in [-0.4, -0.2) is 29.0 Å². The molecule has 7 heteroatoms. The summed E-state index contributed by atoms with van der Waals surface area (Å²) in [6, 6.07) is 13.5. The number of ether oxygens (including phenoxy) is 1. The number of phenols is 1. The van der Waals surface area contributed by atoms with Gasteiger partial charge in [-0.2, -0.15) is 0 Å². The van der Waals surface area contributed by atoms with Gasteiger partial charge in [-0.3, -0.25) is 14.5 Å². The van der Waals surface area contributed by atoms with Crippen molar-refractivity contribution in [2.24, 2.45) is 0 Å². The smallest absolute Gasteiger partial charge is 0.300 e. The molecule has 0 saturated carbocycles. The number of methoxy groups -OCH3 is 1. The third kappa shape index (κ3) is 3.00. The average molecular weight is 405 g/mol. The molecule has 1 amide bonds. The van der Waals surface area contributed by atoms with Gasteiger partial charge >= 0.3 is 0 Å². The molecule has 1 atom stereocenters. The molecule has 1 aliphatic heterocycles. The lowest BCUT2D eigenvalue weighted by atomic mass is 9.98. The number of aliphatic hydroxyl groups is 1. The monoisotopic (exact) mass is 405 g/mol. The summed E-state index contributed by atoms with van der Waals surface area (Å²) in [4.78, 5) is 27.2. The molecule has 2 aromatic carbocycles. The fourth-order valence-corrected chi connectivity index (χ4v) is 3.61. The number of aromatic hydroxyl groups is 1. The zero-order chi connectivity index (χ0) is 21.4. The zero-order valence-corrected chi connectivity index (χ0v) is 16.3. The van der Waals surface area contributed by atoms with Crippen molar-refractivity contribution in [1.29, 1.82) is 0 Å². The van der Waals surface area contributed by atoms with E-state index in [4.69, 9.17) is 9.15 Å². The summed E-state index contributed by atoms with van der Waals surface area (Å²) in [5, 5.41) is 21.5. The molecule has 0 bridgehead atoms. The maximum absolute atomic E-state index is 13.0. The molecule has 2 N–H and O–H groups in total. The van der Waals surface area contributed by atoms with Crippen molar-refractivity contribution >= 4 is 23.1 Å². The van der Waals surface area contributed by atoms with Crippen molar-refractivity contribution in [3.05, 3.63) is 83.3 Å². The summed E-state index contributed by atoms with van der Waals surface area (Å²) in [6.07, 6.45) is 1.41. The molecular formula is C23H19NO6. The van der Waals surface area contributed by atoms with Gasteiger partial charge in [0.05, 0.1) is 30.2 Å². The van der Waals surface area contributed by atoms with Crippen molar-refractivity contribution < 1.29 is 29.0 Å². The Morgan fingerprint density at radius 2 is 1.87 bits per heavy atom. The summed E-state index contributed by atoms with van der Waals surface area (Å²) in [6.45, 7) is 1.80. The van der Waals surface area contributed by atoms with Crippen molar-refractivity contribution in [3.63, 3.8) is 0 Å². The number of benzene rings is 2. The van der Waals surface area contributed by atoms with Crippen LogP contribution >= 0.6 is 0 Å². The van der Waals surface area contributed by atoms with Gasteiger partial charge in [-0.25, -0.2) is 0 Å². The molecule has 7 nitrogen and oxygen atoms in total. The summed E-state index contributed by atoms with van der Waals surface area (Å²) >= 11 is 0. The number of nitrogens with zero attached hydrogens (tertiary/aromatic N) is 1. The average Bonchev–Trinajstić information content (AvgIpc) is 3.36. The SMILES string of the molecule is COc1ccccc1/C(O)=C1/C(=O)C(=O)N(c2cc(C)ccc2O)C1c1ccco1. The molecule has 0 radical (unpaired) electrons. The fourth-order valence-electron chi connectivity index (χ4n) is 3.61. The highest BCUT2D eigenvalue weighted by atomic mass is 16.5. The minimum Gasteiger partial charge on any atom is -0.507 e. The minimum atomic E-state index is -1.06. The predicted octanol–water partition coefficient (Wildman–Crippen LogP) is 3.93. The summed E-state index contributed by atoms with van der Waals surface area (Å²) in [5.74, 6) is -1.71. The Labute approximate surface area is 172 Å². The van der Waals surface area contributed by atoms with Crippen LogP contribution in [0.5, 0.6) is 11.5 Å². The van der Waals surface area contributed by atoms with Crippen LogP contribution in [0.1, 0.15) is 22.9 Å². The molecule has 152 valence electrons. The molecule has 3 aromatic rings. The molecule has 1 unspecified atom stereocenters. The molecule has 1 aromatic heterocycles. The lowest BCUT2D eigenvalue weighted by molar-refractivity contribution is -0.132. The maximum atomic E-state index is 13.0. The van der Waals surface area contributed by atoms with Crippen LogP contribution in [0.25, 0.3) is 5.76 Å². The minimum absolute atomic E-state index is 0.151. The van der Waals surface area contributed by atoms with E-state index in [9.17, 15) is 19.8 Å². The third-order valence-electron chi connectivity index (χ3n) is 5.01. The largest absolute Gasteiger partial charge is 0.507 e. The highest BCUT2D eigenvalue weighted by Gasteiger charge is 2.49. The van der Waals surface area contributed by atoms with Crippen LogP contribution in [0, 0.1) is 6.92 Å². The number of Topliss-reactive ketones (excluding diaryl/α,β-unsaturated/α-hetero) is 1. The van der Waals surface area contributed by atoms with E-state index in [0.717, 1.165) is 10.5 Å². The standard InChI is InChI=1S/C23H19NO6/c1-13-9-10-16(25)15(12-13)24-20(18-8-5-11-30-18)19(22(27)23(24)28)21(26)14-6-3-4-7-17(14)29-2/h3-12,20,25-26H,1-2H3/b21-19-. The summed E-state index contributed by atoms with van der Waals surface area (Å²) < 4.78 is 10.8. The highest BCUT2D eigenvalue weighted by molar-refractivity contribution is 6.51. The molecule has 2 heterocycles. The topological polar surface area (TPSA) is 100 Å². The van der Waals surface area contributed by atoms with Gasteiger partial charge < -0.3 is 19.4 Å². The van der Waals surface area contributed by atoms with Gasteiger partial charge in [0, 0.05) is 0 Å². The second-order valence-corrected chi connectivity index (χ2v) is 6.88. The van der Waals surface area contributed by atoms with Gasteiger partial charge in [0.1, 0.15) is 29.1 Å². The first-order valence-corrected chi connectivity index (χ1v) is 9.21. The third-order valence-corrected chi connectivity index (χ3v) is 5.01. The van der Waals surface area contributed by atoms with E-state index >= 15 is 0 Å². The molecule has 1 aliphatic rings. The molecule has 1 fully saturated rings. The lowest BCUT2D eigenvalue weighted by Gasteiger charge is -2.24. The molecule has 1 saturated heterocycles. The van der Waals surface area contributed by atoms with Crippen molar-refractivity contribution in [3.8, 4) is 11.5 Å². The number of furan rings is 1. The van der Waals surface area contributed by atoms with Crippen molar-refractivity contribution in [2.75, 3.05) is 12.0 Å². The molecule has 0 spiro atoms. The number of carbonyl (C=O) groups is 2. The predicted molar refractivity (Wildman–Crippen MR) is 109 cm³/mol.